The van der Waals surface area contributed by atoms with Crippen molar-refractivity contribution in [2.24, 2.45) is 0 Å². The molecule has 112 valence electrons. The third kappa shape index (κ3) is 3.67. The molecule has 0 aromatic rings. The molecule has 1 aliphatic carbocycles. The zero-order chi connectivity index (χ0) is 14.6. The second-order valence-corrected chi connectivity index (χ2v) is 7.33. The first-order valence-corrected chi connectivity index (χ1v) is 8.06. The molecule has 0 aromatic heterocycles. The maximum Gasteiger partial charge on any atom is 0.325 e. The summed E-state index contributed by atoms with van der Waals surface area (Å²) in [6.45, 7) is 1.37. The Labute approximate surface area is 115 Å². The maximum absolute atomic E-state index is 12.3. The first-order chi connectivity index (χ1) is 8.84. The summed E-state index contributed by atoms with van der Waals surface area (Å²) in [4.78, 5) is 11.4. The lowest BCUT2D eigenvalue weighted by Gasteiger charge is -2.34. The van der Waals surface area contributed by atoms with Crippen LogP contribution in [0.15, 0.2) is 0 Å². The van der Waals surface area contributed by atoms with Gasteiger partial charge in [-0.05, 0) is 39.7 Å². The molecule has 6 nitrogen and oxygen atoms in total. The van der Waals surface area contributed by atoms with Crippen LogP contribution < -0.4 is 5.32 Å². The van der Waals surface area contributed by atoms with Gasteiger partial charge in [-0.15, -0.1) is 0 Å². The van der Waals surface area contributed by atoms with E-state index in [1.54, 1.807) is 7.05 Å². The van der Waals surface area contributed by atoms with E-state index in [0.717, 1.165) is 25.7 Å². The highest BCUT2D eigenvalue weighted by Gasteiger charge is 2.37. The van der Waals surface area contributed by atoms with Crippen molar-refractivity contribution in [2.45, 2.75) is 49.9 Å². The molecule has 0 radical (unpaired) electrons. The van der Waals surface area contributed by atoms with Crippen molar-refractivity contribution in [3.05, 3.63) is 0 Å². The largest absolute Gasteiger partial charge is 0.468 e. The van der Waals surface area contributed by atoms with E-state index in [9.17, 15) is 13.2 Å². The van der Waals surface area contributed by atoms with Crippen LogP contribution in [0.4, 0.5) is 0 Å². The van der Waals surface area contributed by atoms with Gasteiger partial charge in [-0.25, -0.2) is 12.7 Å². The Morgan fingerprint density at radius 2 is 1.84 bits per heavy atom. The number of methoxy groups -OCH3 is 1. The molecule has 0 saturated heterocycles. The Hall–Kier alpha value is -0.660. The molecule has 1 saturated carbocycles. The van der Waals surface area contributed by atoms with Crippen molar-refractivity contribution >= 4 is 16.0 Å². The van der Waals surface area contributed by atoms with E-state index in [4.69, 9.17) is 0 Å². The number of carbonyl (C=O) groups is 1. The van der Waals surface area contributed by atoms with E-state index in [1.165, 1.54) is 18.3 Å². The van der Waals surface area contributed by atoms with Crippen LogP contribution in [0.1, 0.15) is 32.6 Å². The van der Waals surface area contributed by atoms with Crippen molar-refractivity contribution in [3.8, 4) is 0 Å². The van der Waals surface area contributed by atoms with Crippen LogP contribution in [-0.4, -0.2) is 57.2 Å². The number of sulfonamides is 1. The predicted molar refractivity (Wildman–Crippen MR) is 73.3 cm³/mol. The third-order valence-corrected chi connectivity index (χ3v) is 6.19. The highest BCUT2D eigenvalue weighted by molar-refractivity contribution is 7.90. The molecule has 7 heteroatoms. The van der Waals surface area contributed by atoms with Crippen LogP contribution in [-0.2, 0) is 19.6 Å². The lowest BCUT2D eigenvalue weighted by molar-refractivity contribution is -0.139. The van der Waals surface area contributed by atoms with Gasteiger partial charge in [0.25, 0.3) is 0 Å². The van der Waals surface area contributed by atoms with Crippen LogP contribution in [0.5, 0.6) is 0 Å². The lowest BCUT2D eigenvalue weighted by Crippen LogP contribution is -2.47. The Kier molecular flexibility index (Phi) is 5.76. The molecule has 0 aromatic carbocycles. The normalized spacial score (nSPS) is 26.2. The quantitative estimate of drug-likeness (QED) is 0.740. The fourth-order valence-electron chi connectivity index (χ4n) is 2.47. The SMILES string of the molecule is CNC1CCC(N(C)S(=O)(=O)C(C)C(=O)OC)CC1. The number of rotatable bonds is 5. The van der Waals surface area contributed by atoms with Crippen LogP contribution in [0, 0.1) is 0 Å². The van der Waals surface area contributed by atoms with Crippen LogP contribution in [0.2, 0.25) is 0 Å². The highest BCUT2D eigenvalue weighted by Crippen LogP contribution is 2.25. The van der Waals surface area contributed by atoms with Gasteiger partial charge in [-0.3, -0.25) is 4.79 Å². The molecular weight excluding hydrogens is 268 g/mol. The molecule has 0 aliphatic heterocycles. The summed E-state index contributed by atoms with van der Waals surface area (Å²) in [6, 6.07) is 0.437. The second kappa shape index (κ2) is 6.67. The van der Waals surface area contributed by atoms with Gasteiger partial charge in [0.2, 0.25) is 10.0 Å². The summed E-state index contributed by atoms with van der Waals surface area (Å²) >= 11 is 0. The van der Waals surface area contributed by atoms with Gasteiger partial charge in [-0.2, -0.15) is 0 Å². The van der Waals surface area contributed by atoms with Crippen LogP contribution in [0.25, 0.3) is 0 Å². The zero-order valence-electron chi connectivity index (χ0n) is 12.0. The molecule has 1 atom stereocenters. The standard InChI is InChI=1S/C12H24N2O4S/c1-9(12(15)18-4)19(16,17)14(3)11-7-5-10(13-2)6-8-11/h9-11,13H,5-8H2,1-4H3. The zero-order valence-corrected chi connectivity index (χ0v) is 12.9. The molecule has 0 heterocycles. The number of esters is 1. The first kappa shape index (κ1) is 16.4. The summed E-state index contributed by atoms with van der Waals surface area (Å²) in [5.74, 6) is -0.712. The van der Waals surface area contributed by atoms with Crippen molar-refractivity contribution in [1.82, 2.24) is 9.62 Å². The van der Waals surface area contributed by atoms with E-state index < -0.39 is 21.2 Å². The summed E-state index contributed by atoms with van der Waals surface area (Å²) < 4.78 is 30.4. The Balaban J connectivity index is 2.71. The van der Waals surface area contributed by atoms with Gasteiger partial charge in [0.05, 0.1) is 7.11 Å². The minimum absolute atomic E-state index is 0.0262. The Morgan fingerprint density at radius 1 is 1.32 bits per heavy atom. The number of hydrogen-bond donors (Lipinski definition) is 1. The molecule has 0 spiro atoms. The summed E-state index contributed by atoms with van der Waals surface area (Å²) in [5, 5.41) is 2.06. The van der Waals surface area contributed by atoms with E-state index in [0.29, 0.717) is 6.04 Å². The number of nitrogens with zero attached hydrogens (tertiary/aromatic N) is 1. The average molecular weight is 292 g/mol. The topological polar surface area (TPSA) is 75.7 Å². The van der Waals surface area contributed by atoms with Crippen molar-refractivity contribution in [3.63, 3.8) is 0 Å². The first-order valence-electron chi connectivity index (χ1n) is 6.56. The van der Waals surface area contributed by atoms with Crippen molar-refractivity contribution < 1.29 is 17.9 Å². The van der Waals surface area contributed by atoms with Gasteiger partial charge >= 0.3 is 5.97 Å². The highest BCUT2D eigenvalue weighted by atomic mass is 32.2. The van der Waals surface area contributed by atoms with Crippen LogP contribution in [0.3, 0.4) is 0 Å². The molecule has 0 bridgehead atoms. The molecule has 1 N–H and O–H groups in total. The monoisotopic (exact) mass is 292 g/mol. The van der Waals surface area contributed by atoms with Gasteiger partial charge in [0, 0.05) is 19.1 Å². The minimum Gasteiger partial charge on any atom is -0.468 e. The third-order valence-electron chi connectivity index (χ3n) is 4.00. The average Bonchev–Trinajstić information content (AvgIpc) is 2.44. The molecule has 1 fully saturated rings. The molecule has 1 aliphatic rings. The predicted octanol–water partition coefficient (Wildman–Crippen LogP) is 0.340. The van der Waals surface area contributed by atoms with Crippen molar-refractivity contribution in [1.29, 1.82) is 0 Å². The van der Waals surface area contributed by atoms with Gasteiger partial charge < -0.3 is 10.1 Å². The fraction of sp³-hybridized carbons (Fsp3) is 0.917. The maximum atomic E-state index is 12.3. The minimum atomic E-state index is -3.64. The Morgan fingerprint density at radius 3 is 2.26 bits per heavy atom. The van der Waals surface area contributed by atoms with Crippen molar-refractivity contribution in [2.75, 3.05) is 21.2 Å². The van der Waals surface area contributed by atoms with E-state index in [2.05, 4.69) is 10.1 Å². The fourth-order valence-corrected chi connectivity index (χ4v) is 3.94. The van der Waals surface area contributed by atoms with Crippen LogP contribution >= 0.6 is 0 Å². The number of ether oxygens (including phenoxy) is 1. The molecule has 1 rings (SSSR count). The second-order valence-electron chi connectivity index (χ2n) is 5.02. The molecule has 0 amide bonds. The molecule has 1 unspecified atom stereocenters. The summed E-state index contributed by atoms with van der Waals surface area (Å²) in [7, 11) is 1.04. The number of carbonyl (C=O) groups excluding carboxylic acids is 1. The van der Waals surface area contributed by atoms with Gasteiger partial charge in [-0.1, -0.05) is 0 Å². The van der Waals surface area contributed by atoms with E-state index in [1.807, 2.05) is 7.05 Å². The summed E-state index contributed by atoms with van der Waals surface area (Å²) in [6.07, 6.45) is 3.53. The van der Waals surface area contributed by atoms with Gasteiger partial charge in [0.15, 0.2) is 5.25 Å². The van der Waals surface area contributed by atoms with Gasteiger partial charge in [0.1, 0.15) is 0 Å². The van der Waals surface area contributed by atoms with E-state index >= 15 is 0 Å². The Bertz CT molecular complexity index is 402. The lowest BCUT2D eigenvalue weighted by atomic mass is 9.91. The molecular formula is C12H24N2O4S. The molecule has 19 heavy (non-hydrogen) atoms. The summed E-state index contributed by atoms with van der Waals surface area (Å²) in [5.41, 5.74) is 0. The number of hydrogen-bond acceptors (Lipinski definition) is 5. The van der Waals surface area contributed by atoms with E-state index in [-0.39, 0.29) is 6.04 Å². The smallest absolute Gasteiger partial charge is 0.325 e. The number of nitrogens with one attached hydrogen (secondary N) is 1.